The molecule has 0 atom stereocenters. The van der Waals surface area contributed by atoms with Gasteiger partial charge in [-0.1, -0.05) is 0 Å². The van der Waals surface area contributed by atoms with Crippen molar-refractivity contribution in [2.75, 3.05) is 13.7 Å². The summed E-state index contributed by atoms with van der Waals surface area (Å²) in [6.45, 7) is 1.15. The summed E-state index contributed by atoms with van der Waals surface area (Å²) in [5.74, 6) is -2.18. The van der Waals surface area contributed by atoms with E-state index in [-0.39, 0.29) is 6.61 Å². The van der Waals surface area contributed by atoms with Crippen LogP contribution in [0.1, 0.15) is 35.0 Å². The minimum atomic E-state index is -5.20. The first-order chi connectivity index (χ1) is 9.23. The maximum atomic E-state index is 12.9. The molecule has 0 spiro atoms. The number of methoxy groups -OCH3 is 1. The van der Waals surface area contributed by atoms with Gasteiger partial charge in [0.15, 0.2) is 5.69 Å². The lowest BCUT2D eigenvalue weighted by atomic mass is 10.0. The highest BCUT2D eigenvalue weighted by molar-refractivity contribution is 5.90. The van der Waals surface area contributed by atoms with Crippen molar-refractivity contribution in [3.8, 4) is 5.75 Å². The van der Waals surface area contributed by atoms with Gasteiger partial charge in [-0.15, -0.1) is 0 Å². The molecule has 1 rings (SSSR count). The van der Waals surface area contributed by atoms with Crippen LogP contribution in [0, 0.1) is 0 Å². The number of halogens is 5. The Labute approximate surface area is 110 Å². The molecule has 0 aliphatic heterocycles. The van der Waals surface area contributed by atoms with E-state index in [4.69, 9.17) is 0 Å². The van der Waals surface area contributed by atoms with Crippen molar-refractivity contribution in [1.82, 2.24) is 4.98 Å². The Balaban J connectivity index is 3.62. The minimum absolute atomic E-state index is 0.214. The number of ether oxygens (including phenoxy) is 2. The molecule has 0 aliphatic carbocycles. The highest BCUT2D eigenvalue weighted by atomic mass is 19.4. The van der Waals surface area contributed by atoms with Gasteiger partial charge in [0.25, 0.3) is 6.43 Å². The first kappa shape index (κ1) is 16.1. The van der Waals surface area contributed by atoms with Gasteiger partial charge in [0.1, 0.15) is 11.3 Å². The number of carbonyl (C=O) groups is 1. The fourth-order valence-electron chi connectivity index (χ4n) is 1.53. The molecule has 0 saturated carbocycles. The van der Waals surface area contributed by atoms with Crippen molar-refractivity contribution in [2.45, 2.75) is 19.5 Å². The van der Waals surface area contributed by atoms with Crippen LogP contribution in [-0.4, -0.2) is 24.7 Å². The molecule has 4 nitrogen and oxygen atoms in total. The summed E-state index contributed by atoms with van der Waals surface area (Å²) < 4.78 is 73.4. The number of aromatic nitrogens is 1. The van der Waals surface area contributed by atoms with E-state index >= 15 is 0 Å². The Morgan fingerprint density at radius 2 is 2.00 bits per heavy atom. The van der Waals surface area contributed by atoms with Gasteiger partial charge in [0.05, 0.1) is 25.5 Å². The molecule has 0 radical (unpaired) electrons. The molecular formula is C11H10F5NO3. The van der Waals surface area contributed by atoms with Crippen molar-refractivity contribution in [3.05, 3.63) is 23.0 Å². The van der Waals surface area contributed by atoms with Crippen LogP contribution in [0.2, 0.25) is 0 Å². The average molecular weight is 299 g/mol. The maximum Gasteiger partial charge on any atom is 0.419 e. The molecule has 0 saturated heterocycles. The van der Waals surface area contributed by atoms with E-state index in [2.05, 4.69) is 14.5 Å². The van der Waals surface area contributed by atoms with Gasteiger partial charge in [-0.3, -0.25) is 0 Å². The molecular weight excluding hydrogens is 289 g/mol. The summed E-state index contributed by atoms with van der Waals surface area (Å²) in [6, 6.07) is 0. The number of hydrogen-bond donors (Lipinski definition) is 0. The van der Waals surface area contributed by atoms with E-state index in [1.807, 2.05) is 0 Å². The maximum absolute atomic E-state index is 12.9. The van der Waals surface area contributed by atoms with Crippen molar-refractivity contribution in [2.24, 2.45) is 0 Å². The fraction of sp³-hybridized carbons (Fsp3) is 0.455. The van der Waals surface area contributed by atoms with Gasteiger partial charge >= 0.3 is 12.1 Å². The first-order valence-electron chi connectivity index (χ1n) is 5.33. The molecule has 112 valence electrons. The van der Waals surface area contributed by atoms with Crippen LogP contribution in [0.15, 0.2) is 6.20 Å². The molecule has 9 heteroatoms. The predicted molar refractivity (Wildman–Crippen MR) is 56.7 cm³/mol. The van der Waals surface area contributed by atoms with E-state index in [0.717, 1.165) is 7.11 Å². The van der Waals surface area contributed by atoms with Crippen molar-refractivity contribution >= 4 is 5.97 Å². The van der Waals surface area contributed by atoms with Crippen molar-refractivity contribution in [3.63, 3.8) is 0 Å². The van der Waals surface area contributed by atoms with Gasteiger partial charge in [-0.05, 0) is 6.92 Å². The van der Waals surface area contributed by atoms with Crippen LogP contribution >= 0.6 is 0 Å². The molecule has 1 heterocycles. The standard InChI is InChI=1S/C11H10F5NO3/c1-3-20-10(18)8-7(11(14,15)16)6(9(12)13)5(19-2)4-17-8/h4,9H,3H2,1-2H3. The number of hydrogen-bond acceptors (Lipinski definition) is 4. The summed E-state index contributed by atoms with van der Waals surface area (Å²) in [7, 11) is 0.924. The second-order valence-corrected chi connectivity index (χ2v) is 3.48. The Morgan fingerprint density at radius 1 is 1.40 bits per heavy atom. The molecule has 0 bridgehead atoms. The third-order valence-electron chi connectivity index (χ3n) is 2.27. The molecule has 0 fully saturated rings. The topological polar surface area (TPSA) is 48.4 Å². The molecule has 0 aliphatic rings. The average Bonchev–Trinajstić information content (AvgIpc) is 2.35. The van der Waals surface area contributed by atoms with E-state index in [9.17, 15) is 26.7 Å². The largest absolute Gasteiger partial charge is 0.495 e. The zero-order chi connectivity index (χ0) is 15.5. The van der Waals surface area contributed by atoms with Crippen LogP contribution in [0.4, 0.5) is 22.0 Å². The summed E-state index contributed by atoms with van der Waals surface area (Å²) >= 11 is 0. The number of esters is 1. The number of nitrogens with zero attached hydrogens (tertiary/aromatic N) is 1. The van der Waals surface area contributed by atoms with E-state index in [1.54, 1.807) is 0 Å². The SMILES string of the molecule is CCOC(=O)c1ncc(OC)c(C(F)F)c1C(F)(F)F. The Kier molecular flexibility index (Phi) is 4.85. The van der Waals surface area contributed by atoms with Crippen molar-refractivity contribution in [1.29, 1.82) is 0 Å². The van der Waals surface area contributed by atoms with E-state index < -0.39 is 41.1 Å². The number of pyridine rings is 1. The lowest BCUT2D eigenvalue weighted by Gasteiger charge is -2.17. The summed E-state index contributed by atoms with van der Waals surface area (Å²) in [5.41, 5.74) is -4.49. The normalized spacial score (nSPS) is 11.6. The predicted octanol–water partition coefficient (Wildman–Crippen LogP) is 3.22. The highest BCUT2D eigenvalue weighted by Crippen LogP contribution is 2.42. The van der Waals surface area contributed by atoms with Gasteiger partial charge in [-0.2, -0.15) is 13.2 Å². The third-order valence-corrected chi connectivity index (χ3v) is 2.27. The fourth-order valence-corrected chi connectivity index (χ4v) is 1.53. The van der Waals surface area contributed by atoms with Crippen LogP contribution in [0.25, 0.3) is 0 Å². The smallest absolute Gasteiger partial charge is 0.419 e. The molecule has 20 heavy (non-hydrogen) atoms. The van der Waals surface area contributed by atoms with Crippen LogP contribution in [-0.2, 0) is 10.9 Å². The summed E-state index contributed by atoms with van der Waals surface area (Å²) in [5, 5.41) is 0. The summed E-state index contributed by atoms with van der Waals surface area (Å²) in [4.78, 5) is 14.6. The third kappa shape index (κ3) is 3.14. The molecule has 0 amide bonds. The lowest BCUT2D eigenvalue weighted by Crippen LogP contribution is -2.20. The number of carbonyl (C=O) groups excluding carboxylic acids is 1. The Hall–Kier alpha value is -1.93. The van der Waals surface area contributed by atoms with Gasteiger partial charge in [0, 0.05) is 0 Å². The molecule has 0 unspecified atom stereocenters. The number of rotatable bonds is 4. The van der Waals surface area contributed by atoms with Crippen molar-refractivity contribution < 1.29 is 36.2 Å². The first-order valence-corrected chi connectivity index (χ1v) is 5.33. The molecule has 1 aromatic rings. The monoisotopic (exact) mass is 299 g/mol. The zero-order valence-electron chi connectivity index (χ0n) is 10.4. The molecule has 1 aromatic heterocycles. The molecule has 0 aromatic carbocycles. The van der Waals surface area contributed by atoms with Gasteiger partial charge < -0.3 is 9.47 Å². The van der Waals surface area contributed by atoms with E-state index in [0.29, 0.717) is 6.20 Å². The Morgan fingerprint density at radius 3 is 2.40 bits per heavy atom. The van der Waals surface area contributed by atoms with Crippen LogP contribution in [0.3, 0.4) is 0 Å². The van der Waals surface area contributed by atoms with Crippen LogP contribution < -0.4 is 4.74 Å². The highest BCUT2D eigenvalue weighted by Gasteiger charge is 2.43. The van der Waals surface area contributed by atoms with Gasteiger partial charge in [-0.25, -0.2) is 18.6 Å². The van der Waals surface area contributed by atoms with E-state index in [1.165, 1.54) is 6.92 Å². The second kappa shape index (κ2) is 6.02. The zero-order valence-corrected chi connectivity index (χ0v) is 10.4. The van der Waals surface area contributed by atoms with Gasteiger partial charge in [0.2, 0.25) is 0 Å². The quantitative estimate of drug-likeness (QED) is 0.632. The Bertz CT molecular complexity index is 502. The molecule has 0 N–H and O–H groups in total. The summed E-state index contributed by atoms with van der Waals surface area (Å²) in [6.07, 6.45) is -8.06. The lowest BCUT2D eigenvalue weighted by molar-refractivity contribution is -0.140. The van der Waals surface area contributed by atoms with Crippen LogP contribution in [0.5, 0.6) is 5.75 Å². The number of alkyl halides is 5. The minimum Gasteiger partial charge on any atom is -0.495 e. The second-order valence-electron chi connectivity index (χ2n) is 3.48.